The molecule has 0 aliphatic rings. The molecule has 3 nitrogen and oxygen atoms in total. The summed E-state index contributed by atoms with van der Waals surface area (Å²) in [6.45, 7) is -0.951. The van der Waals surface area contributed by atoms with E-state index in [4.69, 9.17) is 5.11 Å². The van der Waals surface area contributed by atoms with Gasteiger partial charge >= 0.3 is 0 Å². The van der Waals surface area contributed by atoms with Crippen LogP contribution in [0.3, 0.4) is 0 Å². The Labute approximate surface area is 97.5 Å². The number of rotatable bonds is 3. The van der Waals surface area contributed by atoms with Crippen LogP contribution >= 0.6 is 0 Å². The van der Waals surface area contributed by atoms with E-state index >= 15 is 0 Å². The summed E-state index contributed by atoms with van der Waals surface area (Å²) in [6.07, 6.45) is -2.57. The second-order valence-corrected chi connectivity index (χ2v) is 3.14. The lowest BCUT2D eigenvalue weighted by Gasteiger charge is -2.04. The molecular weight excluding hydrogens is 228 g/mol. The third kappa shape index (κ3) is 4.62. The van der Waals surface area contributed by atoms with E-state index < -0.39 is 18.9 Å². The highest BCUT2D eigenvalue weighted by Crippen LogP contribution is 2.04. The fraction of sp³-hybridized carbons (Fsp3) is 0.250. The molecular formula is C12H11F2NO2. The summed E-state index contributed by atoms with van der Waals surface area (Å²) < 4.78 is 23.8. The van der Waals surface area contributed by atoms with Gasteiger partial charge in [-0.2, -0.15) is 0 Å². The van der Waals surface area contributed by atoms with Crippen LogP contribution in [0.4, 0.5) is 8.78 Å². The fourth-order valence-corrected chi connectivity index (χ4v) is 1.15. The standard InChI is InChI=1S/C12H11F2NO2/c13-11(14)8-15-12(17)10-5-1-3-9(7-10)4-2-6-16/h1,3,5,7,11,16H,6,8H2,(H,15,17). The molecule has 5 heteroatoms. The number of benzene rings is 1. The fourth-order valence-electron chi connectivity index (χ4n) is 1.15. The Morgan fingerprint density at radius 1 is 1.47 bits per heavy atom. The Kier molecular flexibility index (Phi) is 5.11. The van der Waals surface area contributed by atoms with Crippen molar-refractivity contribution in [3.8, 4) is 11.8 Å². The van der Waals surface area contributed by atoms with Crippen molar-refractivity contribution < 1.29 is 18.7 Å². The second-order valence-electron chi connectivity index (χ2n) is 3.14. The first-order chi connectivity index (χ1) is 8.13. The predicted molar refractivity (Wildman–Crippen MR) is 58.7 cm³/mol. The average Bonchev–Trinajstić information content (AvgIpc) is 2.33. The van der Waals surface area contributed by atoms with E-state index in [2.05, 4.69) is 17.2 Å². The van der Waals surface area contributed by atoms with Crippen LogP contribution < -0.4 is 5.32 Å². The predicted octanol–water partition coefficient (Wildman–Crippen LogP) is 1.03. The minimum absolute atomic E-state index is 0.260. The van der Waals surface area contributed by atoms with Crippen molar-refractivity contribution in [3.63, 3.8) is 0 Å². The quantitative estimate of drug-likeness (QED) is 0.774. The highest BCUT2D eigenvalue weighted by molar-refractivity contribution is 5.94. The van der Waals surface area contributed by atoms with Crippen molar-refractivity contribution in [1.82, 2.24) is 5.32 Å². The maximum Gasteiger partial charge on any atom is 0.255 e. The van der Waals surface area contributed by atoms with E-state index in [0.29, 0.717) is 5.56 Å². The van der Waals surface area contributed by atoms with Crippen LogP contribution in [0, 0.1) is 11.8 Å². The van der Waals surface area contributed by atoms with Gasteiger partial charge in [-0.3, -0.25) is 4.79 Å². The van der Waals surface area contributed by atoms with Gasteiger partial charge in [-0.25, -0.2) is 8.78 Å². The molecule has 17 heavy (non-hydrogen) atoms. The van der Waals surface area contributed by atoms with Crippen molar-refractivity contribution in [3.05, 3.63) is 35.4 Å². The molecule has 0 aliphatic heterocycles. The Bertz CT molecular complexity index is 449. The highest BCUT2D eigenvalue weighted by atomic mass is 19.3. The molecule has 0 heterocycles. The maximum atomic E-state index is 11.9. The summed E-state index contributed by atoms with van der Waals surface area (Å²) in [6, 6.07) is 6.24. The topological polar surface area (TPSA) is 49.3 Å². The van der Waals surface area contributed by atoms with Gasteiger partial charge in [-0.05, 0) is 18.2 Å². The summed E-state index contributed by atoms with van der Waals surface area (Å²) in [7, 11) is 0. The molecule has 0 saturated heterocycles. The number of hydrogen-bond donors (Lipinski definition) is 2. The molecule has 0 spiro atoms. The molecule has 1 amide bonds. The first-order valence-corrected chi connectivity index (χ1v) is 4.89. The van der Waals surface area contributed by atoms with Crippen molar-refractivity contribution >= 4 is 5.91 Å². The Morgan fingerprint density at radius 3 is 2.88 bits per heavy atom. The molecule has 0 bridgehead atoms. The van der Waals surface area contributed by atoms with Gasteiger partial charge in [0.05, 0.1) is 6.54 Å². The SMILES string of the molecule is O=C(NCC(F)F)c1cccc(C#CCO)c1. The Morgan fingerprint density at radius 2 is 2.24 bits per heavy atom. The van der Waals surface area contributed by atoms with Gasteiger partial charge in [0.2, 0.25) is 0 Å². The summed E-state index contributed by atoms with van der Waals surface area (Å²) >= 11 is 0. The van der Waals surface area contributed by atoms with E-state index in [9.17, 15) is 13.6 Å². The number of aliphatic hydroxyl groups excluding tert-OH is 1. The van der Waals surface area contributed by atoms with E-state index in [1.54, 1.807) is 12.1 Å². The largest absolute Gasteiger partial charge is 0.384 e. The average molecular weight is 239 g/mol. The number of aliphatic hydroxyl groups is 1. The molecule has 2 N–H and O–H groups in total. The lowest BCUT2D eigenvalue weighted by atomic mass is 10.1. The van der Waals surface area contributed by atoms with Crippen molar-refractivity contribution in [2.24, 2.45) is 0 Å². The molecule has 0 atom stereocenters. The van der Waals surface area contributed by atoms with E-state index in [-0.39, 0.29) is 12.2 Å². The molecule has 0 saturated carbocycles. The molecule has 0 aromatic heterocycles. The van der Waals surface area contributed by atoms with E-state index in [1.165, 1.54) is 12.1 Å². The van der Waals surface area contributed by atoms with Crippen LogP contribution in [-0.4, -0.2) is 30.6 Å². The normalized spacial score (nSPS) is 9.65. The van der Waals surface area contributed by atoms with Crippen LogP contribution in [0.25, 0.3) is 0 Å². The van der Waals surface area contributed by atoms with Gasteiger partial charge in [-0.15, -0.1) is 0 Å². The van der Waals surface area contributed by atoms with Gasteiger partial charge in [0.1, 0.15) is 6.61 Å². The van der Waals surface area contributed by atoms with Gasteiger partial charge in [0.25, 0.3) is 12.3 Å². The number of halogens is 2. The molecule has 0 radical (unpaired) electrons. The maximum absolute atomic E-state index is 11.9. The number of nitrogens with one attached hydrogen (secondary N) is 1. The highest BCUT2D eigenvalue weighted by Gasteiger charge is 2.08. The molecule has 0 aliphatic carbocycles. The van der Waals surface area contributed by atoms with Crippen LogP contribution in [0.15, 0.2) is 24.3 Å². The van der Waals surface area contributed by atoms with Gasteiger partial charge in [0.15, 0.2) is 0 Å². The number of carbonyl (C=O) groups excluding carboxylic acids is 1. The van der Waals surface area contributed by atoms with E-state index in [0.717, 1.165) is 0 Å². The first-order valence-electron chi connectivity index (χ1n) is 4.89. The zero-order valence-electron chi connectivity index (χ0n) is 8.91. The number of carbonyl (C=O) groups is 1. The van der Waals surface area contributed by atoms with Gasteiger partial charge in [0, 0.05) is 11.1 Å². The number of hydrogen-bond acceptors (Lipinski definition) is 2. The lowest BCUT2D eigenvalue weighted by Crippen LogP contribution is -2.28. The Balaban J connectivity index is 2.74. The monoisotopic (exact) mass is 239 g/mol. The smallest absolute Gasteiger partial charge is 0.255 e. The Hall–Kier alpha value is -1.93. The van der Waals surface area contributed by atoms with Crippen LogP contribution in [0.5, 0.6) is 0 Å². The van der Waals surface area contributed by atoms with Gasteiger partial charge < -0.3 is 10.4 Å². The molecule has 0 fully saturated rings. The summed E-state index contributed by atoms with van der Waals surface area (Å²) in [5.74, 6) is 4.49. The summed E-state index contributed by atoms with van der Waals surface area (Å²) in [4.78, 5) is 11.4. The third-order valence-electron chi connectivity index (χ3n) is 1.85. The number of alkyl halides is 2. The van der Waals surface area contributed by atoms with Crippen LogP contribution in [0.1, 0.15) is 15.9 Å². The third-order valence-corrected chi connectivity index (χ3v) is 1.85. The summed E-state index contributed by atoms with van der Waals surface area (Å²) in [5, 5.41) is 10.6. The van der Waals surface area contributed by atoms with Crippen molar-refractivity contribution in [2.75, 3.05) is 13.2 Å². The molecule has 1 rings (SSSR count). The second kappa shape index (κ2) is 6.61. The minimum atomic E-state index is -2.57. The van der Waals surface area contributed by atoms with Crippen LogP contribution in [0.2, 0.25) is 0 Å². The molecule has 90 valence electrons. The molecule has 1 aromatic rings. The van der Waals surface area contributed by atoms with E-state index in [1.807, 2.05) is 0 Å². The number of amides is 1. The summed E-state index contributed by atoms with van der Waals surface area (Å²) in [5.41, 5.74) is 0.805. The van der Waals surface area contributed by atoms with Crippen molar-refractivity contribution in [1.29, 1.82) is 0 Å². The molecule has 0 unspecified atom stereocenters. The minimum Gasteiger partial charge on any atom is -0.384 e. The molecule has 1 aromatic carbocycles. The lowest BCUT2D eigenvalue weighted by molar-refractivity contribution is 0.0891. The van der Waals surface area contributed by atoms with Crippen LogP contribution in [-0.2, 0) is 0 Å². The van der Waals surface area contributed by atoms with Crippen molar-refractivity contribution in [2.45, 2.75) is 6.43 Å². The zero-order valence-corrected chi connectivity index (χ0v) is 8.91. The zero-order chi connectivity index (χ0) is 12.7. The first kappa shape index (κ1) is 13.1. The van der Waals surface area contributed by atoms with Gasteiger partial charge in [-0.1, -0.05) is 17.9 Å².